The molecule has 1 N–H and O–H groups in total. The molecule has 0 aromatic heterocycles. The molecule has 0 bridgehead atoms. The molecule has 70 valence electrons. The van der Waals surface area contributed by atoms with Crippen LogP contribution in [0.5, 0.6) is 0 Å². The van der Waals surface area contributed by atoms with Crippen molar-refractivity contribution in [3.05, 3.63) is 34.3 Å². The van der Waals surface area contributed by atoms with Gasteiger partial charge in [0.1, 0.15) is 0 Å². The second-order valence-corrected chi connectivity index (χ2v) is 3.40. The van der Waals surface area contributed by atoms with Crippen molar-refractivity contribution in [3.8, 4) is 0 Å². The first-order valence-electron chi connectivity index (χ1n) is 3.66. The van der Waals surface area contributed by atoms with E-state index in [2.05, 4.69) is 20.7 Å². The summed E-state index contributed by atoms with van der Waals surface area (Å²) in [4.78, 5) is 10.9. The van der Waals surface area contributed by atoms with Crippen molar-refractivity contribution in [1.82, 2.24) is 0 Å². The van der Waals surface area contributed by atoms with Gasteiger partial charge in [-0.1, -0.05) is 28.1 Å². The summed E-state index contributed by atoms with van der Waals surface area (Å²) in [5.41, 5.74) is 0.515. The van der Waals surface area contributed by atoms with Gasteiger partial charge in [0, 0.05) is 4.47 Å². The number of esters is 1. The zero-order valence-corrected chi connectivity index (χ0v) is 8.61. The summed E-state index contributed by atoms with van der Waals surface area (Å²) < 4.78 is 5.21. The number of hydrogen-bond acceptors (Lipinski definition) is 3. The smallest absolute Gasteiger partial charge is 0.339 e. The SMILES string of the molecule is COC(=O)[C@@H](O)c1cccc(Br)c1. The highest BCUT2D eigenvalue weighted by Crippen LogP contribution is 2.18. The molecule has 0 aliphatic rings. The molecule has 0 radical (unpaired) electrons. The highest BCUT2D eigenvalue weighted by atomic mass is 79.9. The molecule has 0 unspecified atom stereocenters. The molecule has 0 saturated heterocycles. The van der Waals surface area contributed by atoms with Crippen molar-refractivity contribution in [2.24, 2.45) is 0 Å². The van der Waals surface area contributed by atoms with Crippen LogP contribution in [0.15, 0.2) is 28.7 Å². The Balaban J connectivity index is 2.88. The molecule has 0 saturated carbocycles. The van der Waals surface area contributed by atoms with E-state index in [0.29, 0.717) is 5.56 Å². The zero-order chi connectivity index (χ0) is 9.84. The van der Waals surface area contributed by atoms with E-state index in [4.69, 9.17) is 0 Å². The van der Waals surface area contributed by atoms with Gasteiger partial charge in [0.25, 0.3) is 0 Å². The van der Waals surface area contributed by atoms with Crippen LogP contribution >= 0.6 is 15.9 Å². The average Bonchev–Trinajstić information content (AvgIpc) is 2.15. The lowest BCUT2D eigenvalue weighted by Crippen LogP contribution is -2.13. The van der Waals surface area contributed by atoms with Crippen LogP contribution in [0.1, 0.15) is 11.7 Å². The summed E-state index contributed by atoms with van der Waals surface area (Å²) in [5, 5.41) is 9.42. The number of aliphatic hydroxyl groups excluding tert-OH is 1. The first kappa shape index (κ1) is 10.2. The topological polar surface area (TPSA) is 46.5 Å². The van der Waals surface area contributed by atoms with Gasteiger partial charge in [-0.25, -0.2) is 4.79 Å². The maximum atomic E-state index is 10.9. The van der Waals surface area contributed by atoms with Crippen LogP contribution in [0, 0.1) is 0 Å². The van der Waals surface area contributed by atoms with Gasteiger partial charge < -0.3 is 9.84 Å². The minimum Gasteiger partial charge on any atom is -0.467 e. The van der Waals surface area contributed by atoms with Crippen molar-refractivity contribution < 1.29 is 14.6 Å². The number of benzene rings is 1. The summed E-state index contributed by atoms with van der Waals surface area (Å²) >= 11 is 3.24. The maximum Gasteiger partial charge on any atom is 0.339 e. The molecule has 4 heteroatoms. The molecule has 1 atom stereocenters. The summed E-state index contributed by atoms with van der Waals surface area (Å²) in [7, 11) is 1.24. The number of rotatable bonds is 2. The Kier molecular flexibility index (Phi) is 3.45. The van der Waals surface area contributed by atoms with Crippen LogP contribution in [-0.4, -0.2) is 18.2 Å². The molecule has 1 aromatic rings. The fraction of sp³-hybridized carbons (Fsp3) is 0.222. The average molecular weight is 245 g/mol. The van der Waals surface area contributed by atoms with Crippen LogP contribution in [0.4, 0.5) is 0 Å². The third kappa shape index (κ3) is 2.54. The largest absolute Gasteiger partial charge is 0.467 e. The lowest BCUT2D eigenvalue weighted by Gasteiger charge is -2.08. The van der Waals surface area contributed by atoms with Crippen molar-refractivity contribution >= 4 is 21.9 Å². The van der Waals surface area contributed by atoms with Gasteiger partial charge in [0.2, 0.25) is 0 Å². The lowest BCUT2D eigenvalue weighted by atomic mass is 10.1. The molecule has 1 aromatic carbocycles. The second-order valence-electron chi connectivity index (χ2n) is 2.48. The van der Waals surface area contributed by atoms with Crippen molar-refractivity contribution in [3.63, 3.8) is 0 Å². The van der Waals surface area contributed by atoms with Gasteiger partial charge in [-0.05, 0) is 17.7 Å². The molecule has 0 heterocycles. The van der Waals surface area contributed by atoms with Gasteiger partial charge in [0.05, 0.1) is 7.11 Å². The number of methoxy groups -OCH3 is 1. The van der Waals surface area contributed by atoms with Crippen LogP contribution in [0.25, 0.3) is 0 Å². The molecule has 0 aliphatic carbocycles. The van der Waals surface area contributed by atoms with E-state index >= 15 is 0 Å². The first-order valence-corrected chi connectivity index (χ1v) is 4.46. The Morgan fingerprint density at radius 1 is 1.62 bits per heavy atom. The predicted octanol–water partition coefficient (Wildman–Crippen LogP) is 1.66. The molecule has 3 nitrogen and oxygen atoms in total. The van der Waals surface area contributed by atoms with E-state index in [-0.39, 0.29) is 0 Å². The third-order valence-electron chi connectivity index (χ3n) is 1.59. The van der Waals surface area contributed by atoms with Crippen molar-refractivity contribution in [1.29, 1.82) is 0 Å². The Bertz CT molecular complexity index is 311. The van der Waals surface area contributed by atoms with Crippen LogP contribution in [0.2, 0.25) is 0 Å². The molecular weight excluding hydrogens is 236 g/mol. The van der Waals surface area contributed by atoms with Gasteiger partial charge in [-0.3, -0.25) is 0 Å². The molecule has 13 heavy (non-hydrogen) atoms. The highest BCUT2D eigenvalue weighted by Gasteiger charge is 2.17. The molecule has 0 fully saturated rings. The van der Waals surface area contributed by atoms with Gasteiger partial charge >= 0.3 is 5.97 Å². The zero-order valence-electron chi connectivity index (χ0n) is 7.03. The Hall–Kier alpha value is -0.870. The van der Waals surface area contributed by atoms with E-state index in [0.717, 1.165) is 4.47 Å². The Morgan fingerprint density at radius 2 is 2.31 bits per heavy atom. The summed E-state index contributed by atoms with van der Waals surface area (Å²) in [6.07, 6.45) is -1.21. The summed E-state index contributed by atoms with van der Waals surface area (Å²) in [6, 6.07) is 6.88. The fourth-order valence-electron chi connectivity index (χ4n) is 0.924. The van der Waals surface area contributed by atoms with Crippen LogP contribution in [-0.2, 0) is 9.53 Å². The first-order chi connectivity index (χ1) is 6.15. The Morgan fingerprint density at radius 3 is 2.85 bits per heavy atom. The number of carbonyl (C=O) groups is 1. The quantitative estimate of drug-likeness (QED) is 0.806. The number of ether oxygens (including phenoxy) is 1. The number of aliphatic hydroxyl groups is 1. The summed E-state index contributed by atoms with van der Waals surface area (Å²) in [5.74, 6) is -0.655. The van der Waals surface area contributed by atoms with Crippen LogP contribution < -0.4 is 0 Å². The normalized spacial score (nSPS) is 12.2. The minimum absolute atomic E-state index is 0.515. The van der Waals surface area contributed by atoms with E-state index in [1.807, 2.05) is 6.07 Å². The minimum atomic E-state index is -1.21. The van der Waals surface area contributed by atoms with E-state index in [1.54, 1.807) is 18.2 Å². The Labute approximate surface area is 84.5 Å². The molecule has 0 amide bonds. The van der Waals surface area contributed by atoms with E-state index in [1.165, 1.54) is 7.11 Å². The third-order valence-corrected chi connectivity index (χ3v) is 2.08. The van der Waals surface area contributed by atoms with E-state index < -0.39 is 12.1 Å². The monoisotopic (exact) mass is 244 g/mol. The second kappa shape index (κ2) is 4.39. The predicted molar refractivity (Wildman–Crippen MR) is 51.1 cm³/mol. The molecular formula is C9H9BrO3. The highest BCUT2D eigenvalue weighted by molar-refractivity contribution is 9.10. The summed E-state index contributed by atoms with van der Waals surface area (Å²) in [6.45, 7) is 0. The van der Waals surface area contributed by atoms with Crippen LogP contribution in [0.3, 0.4) is 0 Å². The molecule has 0 aliphatic heterocycles. The van der Waals surface area contributed by atoms with Gasteiger partial charge in [-0.2, -0.15) is 0 Å². The van der Waals surface area contributed by atoms with Gasteiger partial charge in [-0.15, -0.1) is 0 Å². The fourth-order valence-corrected chi connectivity index (χ4v) is 1.34. The standard InChI is InChI=1S/C9H9BrO3/c1-13-9(12)8(11)6-3-2-4-7(10)5-6/h2-5,8,11H,1H3/t8-/m0/s1. The number of carbonyl (C=O) groups excluding carboxylic acids is 1. The van der Waals surface area contributed by atoms with Crippen molar-refractivity contribution in [2.75, 3.05) is 7.11 Å². The maximum absolute atomic E-state index is 10.9. The lowest BCUT2D eigenvalue weighted by molar-refractivity contribution is -0.150. The number of halogens is 1. The van der Waals surface area contributed by atoms with E-state index in [9.17, 15) is 9.90 Å². The molecule has 0 spiro atoms. The van der Waals surface area contributed by atoms with Crippen molar-refractivity contribution in [2.45, 2.75) is 6.10 Å². The molecule has 1 rings (SSSR count). The number of hydrogen-bond donors (Lipinski definition) is 1. The van der Waals surface area contributed by atoms with Gasteiger partial charge in [0.15, 0.2) is 6.10 Å².